The van der Waals surface area contributed by atoms with Crippen LogP contribution in [0.1, 0.15) is 23.6 Å². The number of nitrogens with one attached hydrogen (secondary N) is 1. The van der Waals surface area contributed by atoms with Crippen LogP contribution in [-0.4, -0.2) is 20.9 Å². The van der Waals surface area contributed by atoms with Gasteiger partial charge < -0.3 is 5.32 Å². The van der Waals surface area contributed by atoms with E-state index >= 15 is 0 Å². The zero-order chi connectivity index (χ0) is 21.1. The summed E-state index contributed by atoms with van der Waals surface area (Å²) in [5.74, 6) is -0.129. The Kier molecular flexibility index (Phi) is 6.45. The molecule has 3 aromatic rings. The van der Waals surface area contributed by atoms with Crippen molar-refractivity contribution < 1.29 is 4.79 Å². The Morgan fingerprint density at radius 3 is 2.45 bits per heavy atom. The standard InChI is InChI=1S/C22H22ClN3O2S/c1-13-5-7-17(11-15(13)3)24-22(28)16(4)29-20-9-10-21(27)26(25-20)18-8-6-14(2)19(23)12-18/h5-12,16H,1-4H3,(H,24,28). The summed E-state index contributed by atoms with van der Waals surface area (Å²) in [6.07, 6.45) is 0. The van der Waals surface area contributed by atoms with Crippen molar-refractivity contribution >= 4 is 35.0 Å². The molecule has 1 unspecified atom stereocenters. The number of carbonyl (C=O) groups excluding carboxylic acids is 1. The summed E-state index contributed by atoms with van der Waals surface area (Å²) in [6.45, 7) is 7.74. The summed E-state index contributed by atoms with van der Waals surface area (Å²) in [5, 5.41) is 8.07. The third-order valence-electron chi connectivity index (χ3n) is 4.62. The summed E-state index contributed by atoms with van der Waals surface area (Å²) in [6, 6.07) is 14.2. The van der Waals surface area contributed by atoms with Crippen molar-refractivity contribution in [3.05, 3.63) is 80.6 Å². The van der Waals surface area contributed by atoms with E-state index in [2.05, 4.69) is 10.4 Å². The first-order chi connectivity index (χ1) is 13.7. The van der Waals surface area contributed by atoms with Gasteiger partial charge in [-0.1, -0.05) is 35.5 Å². The fourth-order valence-corrected chi connectivity index (χ4v) is 3.63. The fraction of sp³-hybridized carbons (Fsp3) is 0.227. The van der Waals surface area contributed by atoms with Crippen LogP contribution in [0.3, 0.4) is 0 Å². The molecule has 0 saturated carbocycles. The van der Waals surface area contributed by atoms with E-state index in [9.17, 15) is 9.59 Å². The summed E-state index contributed by atoms with van der Waals surface area (Å²) in [7, 11) is 0. The van der Waals surface area contributed by atoms with Gasteiger partial charge in [-0.05, 0) is 74.7 Å². The molecule has 5 nitrogen and oxygen atoms in total. The first kappa shape index (κ1) is 21.1. The Labute approximate surface area is 179 Å². The average molecular weight is 428 g/mol. The number of aryl methyl sites for hydroxylation is 3. The molecule has 1 N–H and O–H groups in total. The summed E-state index contributed by atoms with van der Waals surface area (Å²) >= 11 is 7.47. The molecule has 0 aliphatic carbocycles. The normalized spacial score (nSPS) is 11.9. The molecule has 0 aliphatic rings. The third kappa shape index (κ3) is 5.08. The maximum atomic E-state index is 12.6. The van der Waals surface area contributed by atoms with E-state index in [-0.39, 0.29) is 11.5 Å². The second-order valence-corrected chi connectivity index (χ2v) is 8.67. The fourth-order valence-electron chi connectivity index (χ4n) is 2.65. The number of anilines is 1. The van der Waals surface area contributed by atoms with Crippen LogP contribution >= 0.6 is 23.4 Å². The number of hydrogen-bond acceptors (Lipinski definition) is 4. The first-order valence-corrected chi connectivity index (χ1v) is 10.4. The molecule has 7 heteroatoms. The van der Waals surface area contributed by atoms with Gasteiger partial charge >= 0.3 is 0 Å². The van der Waals surface area contributed by atoms with Crippen LogP contribution in [0.2, 0.25) is 5.02 Å². The molecule has 0 spiro atoms. The van der Waals surface area contributed by atoms with Crippen molar-refractivity contribution in [2.24, 2.45) is 0 Å². The van der Waals surface area contributed by atoms with Crippen molar-refractivity contribution in [2.45, 2.75) is 38.0 Å². The molecule has 3 rings (SSSR count). The molecule has 29 heavy (non-hydrogen) atoms. The minimum absolute atomic E-state index is 0.129. The lowest BCUT2D eigenvalue weighted by Crippen LogP contribution is -2.24. The van der Waals surface area contributed by atoms with Crippen LogP contribution < -0.4 is 10.9 Å². The van der Waals surface area contributed by atoms with E-state index in [1.807, 2.05) is 45.0 Å². The second-order valence-electron chi connectivity index (χ2n) is 6.90. The number of hydrogen-bond donors (Lipinski definition) is 1. The summed E-state index contributed by atoms with van der Waals surface area (Å²) in [5.41, 5.74) is 4.30. The van der Waals surface area contributed by atoms with Crippen molar-refractivity contribution in [1.82, 2.24) is 9.78 Å². The number of amides is 1. The van der Waals surface area contributed by atoms with Crippen LogP contribution in [0.5, 0.6) is 0 Å². The van der Waals surface area contributed by atoms with E-state index in [1.165, 1.54) is 28.1 Å². The minimum Gasteiger partial charge on any atom is -0.325 e. The lowest BCUT2D eigenvalue weighted by molar-refractivity contribution is -0.115. The van der Waals surface area contributed by atoms with Crippen LogP contribution in [0.25, 0.3) is 5.69 Å². The lowest BCUT2D eigenvalue weighted by atomic mass is 10.1. The average Bonchev–Trinajstić information content (AvgIpc) is 2.68. The maximum absolute atomic E-state index is 12.6. The monoisotopic (exact) mass is 427 g/mol. The molecule has 1 aromatic heterocycles. The predicted molar refractivity (Wildman–Crippen MR) is 119 cm³/mol. The molecule has 0 saturated heterocycles. The van der Waals surface area contributed by atoms with E-state index in [0.717, 1.165) is 16.8 Å². The molecule has 0 bridgehead atoms. The zero-order valence-electron chi connectivity index (χ0n) is 16.7. The maximum Gasteiger partial charge on any atom is 0.271 e. The number of halogens is 1. The van der Waals surface area contributed by atoms with Gasteiger partial charge in [-0.25, -0.2) is 0 Å². The number of rotatable bonds is 5. The van der Waals surface area contributed by atoms with Crippen LogP contribution in [-0.2, 0) is 4.79 Å². The quantitative estimate of drug-likeness (QED) is 0.586. The van der Waals surface area contributed by atoms with Crippen molar-refractivity contribution in [3.63, 3.8) is 0 Å². The Hall–Kier alpha value is -2.57. The third-order valence-corrected chi connectivity index (χ3v) is 6.05. The lowest BCUT2D eigenvalue weighted by Gasteiger charge is -2.13. The van der Waals surface area contributed by atoms with Gasteiger partial charge in [-0.2, -0.15) is 9.78 Å². The highest BCUT2D eigenvalue weighted by Crippen LogP contribution is 2.23. The molecule has 0 aliphatic heterocycles. The molecular weight excluding hydrogens is 406 g/mol. The predicted octanol–water partition coefficient (Wildman–Crippen LogP) is 4.93. The van der Waals surface area contributed by atoms with Gasteiger partial charge in [-0.3, -0.25) is 9.59 Å². The highest BCUT2D eigenvalue weighted by Gasteiger charge is 2.17. The molecule has 2 aromatic carbocycles. The zero-order valence-corrected chi connectivity index (χ0v) is 18.3. The first-order valence-electron chi connectivity index (χ1n) is 9.16. The van der Waals surface area contributed by atoms with Gasteiger partial charge in [0, 0.05) is 16.8 Å². The van der Waals surface area contributed by atoms with E-state index < -0.39 is 5.25 Å². The van der Waals surface area contributed by atoms with Gasteiger partial charge in [0.2, 0.25) is 5.91 Å². The molecular formula is C22H22ClN3O2S. The molecule has 0 radical (unpaired) electrons. The molecule has 0 fully saturated rings. The van der Waals surface area contributed by atoms with Crippen molar-refractivity contribution in [2.75, 3.05) is 5.32 Å². The van der Waals surface area contributed by atoms with Gasteiger partial charge in [0.1, 0.15) is 5.03 Å². The number of thioether (sulfide) groups is 1. The van der Waals surface area contributed by atoms with Crippen LogP contribution in [0.4, 0.5) is 5.69 Å². The van der Waals surface area contributed by atoms with Gasteiger partial charge in [0.25, 0.3) is 5.56 Å². The van der Waals surface area contributed by atoms with Crippen molar-refractivity contribution in [1.29, 1.82) is 0 Å². The number of carbonyl (C=O) groups is 1. The highest BCUT2D eigenvalue weighted by molar-refractivity contribution is 8.00. The molecule has 1 atom stereocenters. The van der Waals surface area contributed by atoms with Gasteiger partial charge in [0.15, 0.2) is 0 Å². The van der Waals surface area contributed by atoms with E-state index in [1.54, 1.807) is 25.1 Å². The van der Waals surface area contributed by atoms with Crippen LogP contribution in [0, 0.1) is 20.8 Å². The second kappa shape index (κ2) is 8.84. The smallest absolute Gasteiger partial charge is 0.271 e. The Bertz CT molecular complexity index is 1130. The largest absolute Gasteiger partial charge is 0.325 e. The minimum atomic E-state index is -0.392. The Morgan fingerprint density at radius 2 is 1.76 bits per heavy atom. The van der Waals surface area contributed by atoms with Gasteiger partial charge in [0.05, 0.1) is 10.9 Å². The number of aromatic nitrogens is 2. The number of nitrogens with zero attached hydrogens (tertiary/aromatic N) is 2. The Balaban J connectivity index is 1.77. The topological polar surface area (TPSA) is 64.0 Å². The van der Waals surface area contributed by atoms with E-state index in [4.69, 9.17) is 11.6 Å². The SMILES string of the molecule is Cc1ccc(NC(=O)C(C)Sc2ccc(=O)n(-c3ccc(C)c(Cl)c3)n2)cc1C. The summed E-state index contributed by atoms with van der Waals surface area (Å²) < 4.78 is 1.29. The van der Waals surface area contributed by atoms with Gasteiger partial charge in [-0.15, -0.1) is 0 Å². The molecule has 150 valence electrons. The van der Waals surface area contributed by atoms with Crippen LogP contribution in [0.15, 0.2) is 58.4 Å². The number of benzene rings is 2. The summed E-state index contributed by atoms with van der Waals surface area (Å²) in [4.78, 5) is 24.8. The van der Waals surface area contributed by atoms with E-state index in [0.29, 0.717) is 15.7 Å². The molecule has 1 heterocycles. The highest BCUT2D eigenvalue weighted by atomic mass is 35.5. The Morgan fingerprint density at radius 1 is 1.03 bits per heavy atom. The molecule has 1 amide bonds. The van der Waals surface area contributed by atoms with Crippen molar-refractivity contribution in [3.8, 4) is 5.69 Å².